The van der Waals surface area contributed by atoms with E-state index < -0.39 is 28.1 Å². The van der Waals surface area contributed by atoms with Gasteiger partial charge in [-0.2, -0.15) is 0 Å². The van der Waals surface area contributed by atoms with Gasteiger partial charge in [0.15, 0.2) is 22.2 Å². The molecule has 0 heterocycles. The monoisotopic (exact) mass is 314 g/mol. The van der Waals surface area contributed by atoms with Crippen LogP contribution in [-0.2, 0) is 27.6 Å². The Balaban J connectivity index is 5.04. The Morgan fingerprint density at radius 3 is 1.37 bits per heavy atom. The van der Waals surface area contributed by atoms with Crippen LogP contribution in [0.3, 0.4) is 0 Å². The number of rotatable bonds is 11. The quantitative estimate of drug-likeness (QED) is 0.431. The van der Waals surface area contributed by atoms with E-state index in [4.69, 9.17) is 22.8 Å². The van der Waals surface area contributed by atoms with Crippen molar-refractivity contribution in [3.63, 3.8) is 0 Å². The van der Waals surface area contributed by atoms with Crippen molar-refractivity contribution in [1.82, 2.24) is 0 Å². The Bertz CT molecular complexity index is 213. The van der Waals surface area contributed by atoms with Crippen LogP contribution in [-0.4, -0.2) is 44.9 Å². The molecule has 19 heavy (non-hydrogen) atoms. The van der Waals surface area contributed by atoms with Crippen LogP contribution in [0.15, 0.2) is 0 Å². The summed E-state index contributed by atoms with van der Waals surface area (Å²) in [5, 5.41) is -0.644. The summed E-state index contributed by atoms with van der Waals surface area (Å²) >= 11 is 0. The zero-order valence-electron chi connectivity index (χ0n) is 12.2. The average Bonchev–Trinajstić information content (AvgIpc) is 2.39. The third-order valence-corrected chi connectivity index (χ3v) is 6.24. The molecule has 0 spiro atoms. The van der Waals surface area contributed by atoms with Gasteiger partial charge in [-0.25, -0.2) is 0 Å². The van der Waals surface area contributed by atoms with Crippen molar-refractivity contribution in [3.05, 3.63) is 0 Å². The van der Waals surface area contributed by atoms with E-state index in [1.165, 1.54) is 7.11 Å². The van der Waals surface area contributed by atoms with Gasteiger partial charge in [0.25, 0.3) is 0 Å². The number of hydrogen-bond acceptors (Lipinski definition) is 6. The first kappa shape index (κ1) is 19.2. The summed E-state index contributed by atoms with van der Waals surface area (Å²) in [4.78, 5) is 12.0. The molecule has 0 saturated heterocycles. The van der Waals surface area contributed by atoms with E-state index in [1.54, 1.807) is 0 Å². The number of esters is 1. The molecule has 0 fully saturated rings. The molecule has 0 aromatic carbocycles. The summed E-state index contributed by atoms with van der Waals surface area (Å²) in [5.74, 6) is -0.416. The summed E-state index contributed by atoms with van der Waals surface area (Å²) < 4.78 is 27.0. The van der Waals surface area contributed by atoms with Crippen molar-refractivity contribution in [2.45, 2.75) is 33.1 Å². The van der Waals surface area contributed by atoms with Crippen molar-refractivity contribution >= 4 is 22.7 Å². The van der Waals surface area contributed by atoms with Gasteiger partial charge in [0.2, 0.25) is 0 Å². The maximum atomic E-state index is 12.0. The minimum Gasteiger partial charge on any atom is -0.468 e. The Morgan fingerprint density at radius 2 is 1.16 bits per heavy atom. The van der Waals surface area contributed by atoms with Crippen LogP contribution in [0, 0.1) is 0 Å². The first-order valence-corrected chi connectivity index (χ1v) is 8.83. The summed E-state index contributed by atoms with van der Waals surface area (Å²) in [5.41, 5.74) is 0. The highest BCUT2D eigenvalue weighted by molar-refractivity contribution is 7.68. The molecule has 0 radical (unpaired) electrons. The summed E-state index contributed by atoms with van der Waals surface area (Å²) in [6.07, 6.45) is 0. The van der Waals surface area contributed by atoms with Gasteiger partial charge in [-0.3, -0.25) is 4.79 Å². The Morgan fingerprint density at radius 1 is 0.842 bits per heavy atom. The van der Waals surface area contributed by atoms with Gasteiger partial charge in [-0.1, -0.05) is 0 Å². The highest BCUT2D eigenvalue weighted by atomic mass is 31.2. The van der Waals surface area contributed by atoms with E-state index in [0.717, 1.165) is 0 Å². The first-order chi connectivity index (χ1) is 9.15. The van der Waals surface area contributed by atoms with Crippen molar-refractivity contribution in [2.24, 2.45) is 0 Å². The lowest BCUT2D eigenvalue weighted by Gasteiger charge is -2.28. The largest absolute Gasteiger partial charge is 0.468 e. The normalized spacial score (nSPS) is 11.6. The Labute approximate surface area is 117 Å². The number of carbonyl (C=O) groups excluding carboxylic acids is 1. The SMILES string of the molecule is CCOP(OCC)C(C(=O)OC)P(OCC)OCC. The fraction of sp³-hybridized carbons (Fsp3) is 0.909. The van der Waals surface area contributed by atoms with Crippen LogP contribution in [0.25, 0.3) is 0 Å². The number of methoxy groups -OCH3 is 1. The highest BCUT2D eigenvalue weighted by Gasteiger charge is 2.41. The van der Waals surface area contributed by atoms with Gasteiger partial charge in [0.05, 0.1) is 33.5 Å². The first-order valence-electron chi connectivity index (χ1n) is 6.33. The smallest absolute Gasteiger partial charge is 0.326 e. The van der Waals surface area contributed by atoms with Crippen LogP contribution in [0.1, 0.15) is 27.7 Å². The number of ether oxygens (including phenoxy) is 1. The zero-order valence-corrected chi connectivity index (χ0v) is 14.0. The van der Waals surface area contributed by atoms with Gasteiger partial charge in [-0.15, -0.1) is 0 Å². The van der Waals surface area contributed by atoms with Crippen molar-refractivity contribution in [1.29, 1.82) is 0 Å². The minimum atomic E-state index is -1.43. The van der Waals surface area contributed by atoms with Crippen LogP contribution in [0.2, 0.25) is 0 Å². The lowest BCUT2D eigenvalue weighted by Crippen LogP contribution is -2.23. The zero-order chi connectivity index (χ0) is 14.7. The summed E-state index contributed by atoms with van der Waals surface area (Å²) in [7, 11) is -1.52. The summed E-state index contributed by atoms with van der Waals surface area (Å²) in [6, 6.07) is 0. The molecule has 0 aliphatic carbocycles. The molecule has 0 bridgehead atoms. The molecule has 0 unspecified atom stereocenters. The van der Waals surface area contributed by atoms with Crippen LogP contribution >= 0.6 is 16.8 Å². The highest BCUT2D eigenvalue weighted by Crippen LogP contribution is 2.61. The molecular formula is C11H24O6P2. The van der Waals surface area contributed by atoms with E-state index >= 15 is 0 Å². The average molecular weight is 314 g/mol. The third-order valence-electron chi connectivity index (χ3n) is 1.84. The van der Waals surface area contributed by atoms with E-state index in [2.05, 4.69) is 0 Å². The standard InChI is InChI=1S/C11H24O6P2/c1-6-14-18(15-7-2)11(10(12)13-5)19(16-8-3)17-9-4/h11H,6-9H2,1-5H3. The van der Waals surface area contributed by atoms with Crippen molar-refractivity contribution in [3.8, 4) is 0 Å². The molecule has 8 heteroatoms. The molecule has 6 nitrogen and oxygen atoms in total. The van der Waals surface area contributed by atoms with Crippen molar-refractivity contribution in [2.75, 3.05) is 33.5 Å². The molecule has 0 saturated carbocycles. The van der Waals surface area contributed by atoms with E-state index in [1.807, 2.05) is 27.7 Å². The maximum absolute atomic E-state index is 12.0. The molecule has 0 N–H and O–H groups in total. The van der Waals surface area contributed by atoms with Gasteiger partial charge in [0, 0.05) is 0 Å². The van der Waals surface area contributed by atoms with Crippen LogP contribution < -0.4 is 0 Å². The Kier molecular flexibility index (Phi) is 12.1. The van der Waals surface area contributed by atoms with Crippen LogP contribution in [0.4, 0.5) is 0 Å². The predicted octanol–water partition coefficient (Wildman–Crippen LogP) is 3.26. The molecular weight excluding hydrogens is 290 g/mol. The van der Waals surface area contributed by atoms with Gasteiger partial charge in [0.1, 0.15) is 0 Å². The third kappa shape index (κ3) is 6.94. The molecule has 0 amide bonds. The number of hydrogen-bond donors (Lipinski definition) is 0. The molecule has 0 aromatic heterocycles. The summed E-state index contributed by atoms with van der Waals surface area (Å²) in [6.45, 7) is 9.25. The molecule has 0 aliphatic heterocycles. The molecule has 0 atom stereocenters. The Hall–Kier alpha value is 0.170. The fourth-order valence-corrected chi connectivity index (χ4v) is 4.92. The van der Waals surface area contributed by atoms with Gasteiger partial charge >= 0.3 is 5.97 Å². The molecule has 0 aromatic rings. The van der Waals surface area contributed by atoms with E-state index in [0.29, 0.717) is 26.4 Å². The second kappa shape index (κ2) is 12.0. The topological polar surface area (TPSA) is 63.2 Å². The second-order valence-corrected chi connectivity index (χ2v) is 6.75. The minimum absolute atomic E-state index is 0.416. The molecule has 114 valence electrons. The van der Waals surface area contributed by atoms with Gasteiger partial charge < -0.3 is 22.8 Å². The lowest BCUT2D eigenvalue weighted by molar-refractivity contribution is -0.138. The maximum Gasteiger partial charge on any atom is 0.326 e. The van der Waals surface area contributed by atoms with Crippen LogP contribution in [0.5, 0.6) is 0 Å². The lowest BCUT2D eigenvalue weighted by atomic mass is 10.8. The molecule has 0 aliphatic rings. The van der Waals surface area contributed by atoms with Crippen molar-refractivity contribution < 1.29 is 27.6 Å². The van der Waals surface area contributed by atoms with E-state index in [-0.39, 0.29) is 0 Å². The van der Waals surface area contributed by atoms with Gasteiger partial charge in [-0.05, 0) is 27.7 Å². The predicted molar refractivity (Wildman–Crippen MR) is 76.1 cm³/mol. The fourth-order valence-electron chi connectivity index (χ4n) is 1.22. The number of carbonyl (C=O) groups is 1. The second-order valence-electron chi connectivity index (χ2n) is 3.14. The molecule has 0 rings (SSSR count). The van der Waals surface area contributed by atoms with E-state index in [9.17, 15) is 4.79 Å².